The number of nitrogens with one attached hydrogen (secondary N) is 2. The van der Waals surface area contributed by atoms with Gasteiger partial charge in [-0.05, 0) is 36.4 Å². The van der Waals surface area contributed by atoms with Crippen molar-refractivity contribution in [2.45, 2.75) is 6.92 Å². The number of rotatable bonds is 7. The molecule has 10 nitrogen and oxygen atoms in total. The average molecular weight is 428 g/mol. The van der Waals surface area contributed by atoms with Crippen LogP contribution < -0.4 is 10.6 Å². The van der Waals surface area contributed by atoms with Gasteiger partial charge in [0.2, 0.25) is 5.91 Å². The highest BCUT2D eigenvalue weighted by Crippen LogP contribution is 2.17. The number of hydrogen-bond acceptors (Lipinski definition) is 8. The third kappa shape index (κ3) is 6.67. The summed E-state index contributed by atoms with van der Waals surface area (Å²) in [7, 11) is 2.34. The number of esters is 3. The lowest BCUT2D eigenvalue weighted by Gasteiger charge is -2.10. The maximum absolute atomic E-state index is 12.2. The molecule has 0 aliphatic carbocycles. The minimum Gasteiger partial charge on any atom is -0.465 e. The molecule has 31 heavy (non-hydrogen) atoms. The van der Waals surface area contributed by atoms with Gasteiger partial charge < -0.3 is 24.8 Å². The number of carbonyl (C=O) groups excluding carboxylic acids is 5. The molecule has 0 bridgehead atoms. The van der Waals surface area contributed by atoms with Gasteiger partial charge in [-0.3, -0.25) is 9.59 Å². The Kier molecular flexibility index (Phi) is 7.84. The average Bonchev–Trinajstić information content (AvgIpc) is 2.75. The Labute approximate surface area is 177 Å². The lowest BCUT2D eigenvalue weighted by atomic mass is 10.1. The Morgan fingerprint density at radius 1 is 0.742 bits per heavy atom. The molecule has 0 heterocycles. The molecular formula is C21H20N2O8. The van der Waals surface area contributed by atoms with E-state index < -0.39 is 30.4 Å². The summed E-state index contributed by atoms with van der Waals surface area (Å²) in [6, 6.07) is 9.88. The summed E-state index contributed by atoms with van der Waals surface area (Å²) in [4.78, 5) is 59.1. The fourth-order valence-electron chi connectivity index (χ4n) is 2.51. The summed E-state index contributed by atoms with van der Waals surface area (Å²) in [5.74, 6) is -3.21. The quantitative estimate of drug-likeness (QED) is 0.505. The molecule has 0 aromatic heterocycles. The summed E-state index contributed by atoms with van der Waals surface area (Å²) < 4.78 is 14.2. The van der Waals surface area contributed by atoms with Crippen molar-refractivity contribution in [3.8, 4) is 0 Å². The van der Waals surface area contributed by atoms with Crippen LogP contribution in [0.5, 0.6) is 0 Å². The van der Waals surface area contributed by atoms with E-state index in [4.69, 9.17) is 4.74 Å². The van der Waals surface area contributed by atoms with Crippen LogP contribution in [0, 0.1) is 0 Å². The van der Waals surface area contributed by atoms with E-state index in [9.17, 15) is 24.0 Å². The molecule has 0 atom stereocenters. The van der Waals surface area contributed by atoms with Gasteiger partial charge in [-0.25, -0.2) is 14.4 Å². The lowest BCUT2D eigenvalue weighted by molar-refractivity contribution is -0.119. The first-order chi connectivity index (χ1) is 14.7. The minimum absolute atomic E-state index is 0.0208. The van der Waals surface area contributed by atoms with Crippen LogP contribution in [0.25, 0.3) is 0 Å². The second-order valence-corrected chi connectivity index (χ2v) is 6.17. The first-order valence-corrected chi connectivity index (χ1v) is 8.90. The number of ether oxygens (including phenoxy) is 3. The van der Waals surface area contributed by atoms with Crippen LogP contribution in [0.1, 0.15) is 38.0 Å². The molecule has 0 saturated heterocycles. The molecule has 0 aliphatic heterocycles. The lowest BCUT2D eigenvalue weighted by Crippen LogP contribution is -2.21. The van der Waals surface area contributed by atoms with E-state index in [2.05, 4.69) is 20.1 Å². The van der Waals surface area contributed by atoms with Crippen molar-refractivity contribution in [2.75, 3.05) is 31.5 Å². The van der Waals surface area contributed by atoms with Crippen LogP contribution in [-0.4, -0.2) is 50.5 Å². The Hall–Kier alpha value is -4.21. The molecule has 2 rings (SSSR count). The fraction of sp³-hybridized carbons (Fsp3) is 0.190. The topological polar surface area (TPSA) is 137 Å². The Balaban J connectivity index is 2.07. The van der Waals surface area contributed by atoms with Crippen molar-refractivity contribution in [1.29, 1.82) is 0 Å². The van der Waals surface area contributed by atoms with Gasteiger partial charge in [0.15, 0.2) is 6.61 Å². The molecule has 0 fully saturated rings. The third-order valence-corrected chi connectivity index (χ3v) is 3.81. The van der Waals surface area contributed by atoms with E-state index in [0.717, 1.165) is 0 Å². The predicted octanol–water partition coefficient (Wildman–Crippen LogP) is 2.01. The molecule has 0 unspecified atom stereocenters. The van der Waals surface area contributed by atoms with Crippen molar-refractivity contribution < 1.29 is 38.2 Å². The van der Waals surface area contributed by atoms with E-state index in [-0.39, 0.29) is 28.3 Å². The van der Waals surface area contributed by atoms with Crippen molar-refractivity contribution in [1.82, 2.24) is 0 Å². The summed E-state index contributed by atoms with van der Waals surface area (Å²) in [5, 5.41) is 4.97. The van der Waals surface area contributed by atoms with Gasteiger partial charge in [-0.1, -0.05) is 6.07 Å². The maximum atomic E-state index is 12.2. The summed E-state index contributed by atoms with van der Waals surface area (Å²) in [6.45, 7) is 0.704. The molecule has 2 aromatic rings. The second kappa shape index (κ2) is 10.5. The zero-order valence-electron chi connectivity index (χ0n) is 17.0. The van der Waals surface area contributed by atoms with E-state index in [1.807, 2.05) is 0 Å². The summed E-state index contributed by atoms with van der Waals surface area (Å²) >= 11 is 0. The Bertz CT molecular complexity index is 998. The molecule has 162 valence electrons. The van der Waals surface area contributed by atoms with Crippen LogP contribution in [0.3, 0.4) is 0 Å². The molecule has 10 heteroatoms. The van der Waals surface area contributed by atoms with Gasteiger partial charge in [-0.2, -0.15) is 0 Å². The Morgan fingerprint density at radius 3 is 1.87 bits per heavy atom. The molecule has 2 amide bonds. The number of anilines is 2. The van der Waals surface area contributed by atoms with E-state index in [0.29, 0.717) is 5.69 Å². The van der Waals surface area contributed by atoms with Crippen molar-refractivity contribution >= 4 is 41.1 Å². The van der Waals surface area contributed by atoms with Gasteiger partial charge in [0.1, 0.15) is 0 Å². The van der Waals surface area contributed by atoms with Crippen molar-refractivity contribution in [3.63, 3.8) is 0 Å². The number of hydrogen-bond donors (Lipinski definition) is 2. The van der Waals surface area contributed by atoms with Crippen LogP contribution in [-0.2, 0) is 23.8 Å². The first kappa shape index (κ1) is 23.1. The summed E-state index contributed by atoms with van der Waals surface area (Å²) in [6.07, 6.45) is 0. The van der Waals surface area contributed by atoms with Gasteiger partial charge in [-0.15, -0.1) is 0 Å². The molecule has 0 aliphatic rings. The van der Waals surface area contributed by atoms with Crippen LogP contribution >= 0.6 is 0 Å². The number of benzene rings is 2. The minimum atomic E-state index is -0.777. The zero-order chi connectivity index (χ0) is 23.0. The molecular weight excluding hydrogens is 408 g/mol. The van der Waals surface area contributed by atoms with Crippen molar-refractivity contribution in [3.05, 3.63) is 59.2 Å². The highest BCUT2D eigenvalue weighted by atomic mass is 16.5. The zero-order valence-corrected chi connectivity index (χ0v) is 17.0. The summed E-state index contributed by atoms with van der Waals surface area (Å²) in [5.41, 5.74) is 0.693. The fourth-order valence-corrected chi connectivity index (χ4v) is 2.51. The number of carbonyl (C=O) groups is 5. The highest BCUT2D eigenvalue weighted by Gasteiger charge is 2.16. The number of methoxy groups -OCH3 is 2. The molecule has 0 saturated carbocycles. The van der Waals surface area contributed by atoms with Crippen LogP contribution in [0.15, 0.2) is 42.5 Å². The highest BCUT2D eigenvalue weighted by molar-refractivity contribution is 6.00. The van der Waals surface area contributed by atoms with Gasteiger partial charge >= 0.3 is 17.9 Å². The largest absolute Gasteiger partial charge is 0.465 e. The van der Waals surface area contributed by atoms with Crippen molar-refractivity contribution in [2.24, 2.45) is 0 Å². The molecule has 2 aromatic carbocycles. The number of amides is 2. The van der Waals surface area contributed by atoms with E-state index >= 15 is 0 Å². The van der Waals surface area contributed by atoms with E-state index in [1.165, 1.54) is 51.5 Å². The van der Waals surface area contributed by atoms with Gasteiger partial charge in [0.05, 0.1) is 30.9 Å². The van der Waals surface area contributed by atoms with Gasteiger partial charge in [0.25, 0.3) is 5.91 Å². The smallest absolute Gasteiger partial charge is 0.338 e. The third-order valence-electron chi connectivity index (χ3n) is 3.81. The predicted molar refractivity (Wildman–Crippen MR) is 109 cm³/mol. The monoisotopic (exact) mass is 428 g/mol. The van der Waals surface area contributed by atoms with Gasteiger partial charge in [0, 0.05) is 18.3 Å². The molecule has 0 spiro atoms. The van der Waals surface area contributed by atoms with E-state index in [1.54, 1.807) is 12.1 Å². The SMILES string of the molecule is COC(=O)c1cc(NC(=O)COC(=O)c2cccc(NC(C)=O)c2)cc(C(=O)OC)c1. The normalized spacial score (nSPS) is 9.90. The molecule has 2 N–H and O–H groups in total. The standard InChI is InChI=1S/C21H20N2O8/c1-12(24)22-16-6-4-5-13(8-16)21(28)31-11-18(25)23-17-9-14(19(26)29-2)7-15(10-17)20(27)30-3/h4-10H,11H2,1-3H3,(H,22,24)(H,23,25). The maximum Gasteiger partial charge on any atom is 0.338 e. The second-order valence-electron chi connectivity index (χ2n) is 6.17. The van der Waals surface area contributed by atoms with Crippen LogP contribution in [0.2, 0.25) is 0 Å². The first-order valence-electron chi connectivity index (χ1n) is 8.90. The molecule has 0 radical (unpaired) electrons. The van der Waals surface area contributed by atoms with Crippen LogP contribution in [0.4, 0.5) is 11.4 Å². The Morgan fingerprint density at radius 2 is 1.32 bits per heavy atom.